The van der Waals surface area contributed by atoms with Gasteiger partial charge >= 0.3 is 0 Å². The van der Waals surface area contributed by atoms with Gasteiger partial charge in [0.15, 0.2) is 5.78 Å². The zero-order valence-corrected chi connectivity index (χ0v) is 12.3. The second-order valence-corrected chi connectivity index (χ2v) is 5.23. The van der Waals surface area contributed by atoms with E-state index in [4.69, 9.17) is 10.5 Å². The van der Waals surface area contributed by atoms with Crippen molar-refractivity contribution in [2.24, 2.45) is 0 Å². The average molecular weight is 320 g/mol. The highest BCUT2D eigenvalue weighted by Crippen LogP contribution is 2.29. The summed E-state index contributed by atoms with van der Waals surface area (Å²) < 4.78 is 6.78. The monoisotopic (exact) mass is 319 g/mol. The minimum absolute atomic E-state index is 0.0736. The highest BCUT2D eigenvalue weighted by atomic mass is 79.9. The smallest absolute Gasteiger partial charge is 0.162 e. The van der Waals surface area contributed by atoms with E-state index < -0.39 is 0 Å². The largest absolute Gasteiger partial charge is 0.457 e. The zero-order chi connectivity index (χ0) is 14.0. The van der Waals surface area contributed by atoms with Crippen LogP contribution in [-0.2, 0) is 0 Å². The molecular weight excluding hydrogens is 306 g/mol. The van der Waals surface area contributed by atoms with Crippen LogP contribution in [0.3, 0.4) is 0 Å². The molecule has 3 nitrogen and oxygen atoms in total. The Labute approximate surface area is 120 Å². The Kier molecular flexibility index (Phi) is 3.90. The van der Waals surface area contributed by atoms with Crippen LogP contribution in [0.5, 0.6) is 11.5 Å². The van der Waals surface area contributed by atoms with E-state index >= 15 is 0 Å². The maximum Gasteiger partial charge on any atom is 0.162 e. The highest BCUT2D eigenvalue weighted by molar-refractivity contribution is 9.10. The number of benzene rings is 2. The third-order valence-corrected chi connectivity index (χ3v) is 3.26. The molecule has 0 aromatic heterocycles. The van der Waals surface area contributed by atoms with Gasteiger partial charge in [-0.1, -0.05) is 15.9 Å². The van der Waals surface area contributed by atoms with Crippen molar-refractivity contribution in [3.05, 3.63) is 52.0 Å². The molecule has 2 aromatic carbocycles. The molecule has 0 saturated carbocycles. The molecule has 0 atom stereocenters. The lowest BCUT2D eigenvalue weighted by Crippen LogP contribution is -2.00. The molecule has 0 fully saturated rings. The summed E-state index contributed by atoms with van der Waals surface area (Å²) in [5.74, 6) is 1.28. The lowest BCUT2D eigenvalue weighted by atomic mass is 10.1. The van der Waals surface area contributed by atoms with Crippen LogP contribution in [0.1, 0.15) is 22.8 Å². The Balaban J connectivity index is 2.33. The summed E-state index contributed by atoms with van der Waals surface area (Å²) in [5.41, 5.74) is 7.70. The van der Waals surface area contributed by atoms with E-state index in [1.807, 2.05) is 25.1 Å². The summed E-state index contributed by atoms with van der Waals surface area (Å²) in [6.45, 7) is 3.45. The van der Waals surface area contributed by atoms with Crippen molar-refractivity contribution < 1.29 is 9.53 Å². The first-order valence-corrected chi connectivity index (χ1v) is 6.61. The van der Waals surface area contributed by atoms with E-state index in [1.54, 1.807) is 18.2 Å². The maximum absolute atomic E-state index is 11.4. The SMILES string of the molecule is CC(=O)c1cc(Oc2ccc(Br)cc2C)ccc1N. The van der Waals surface area contributed by atoms with Crippen LogP contribution in [-0.4, -0.2) is 5.78 Å². The number of Topliss-reactive ketones (excluding diaryl/α,β-unsaturated/α-hetero) is 1. The summed E-state index contributed by atoms with van der Waals surface area (Å²) in [5, 5.41) is 0. The van der Waals surface area contributed by atoms with Crippen LogP contribution in [0.15, 0.2) is 40.9 Å². The second kappa shape index (κ2) is 5.45. The molecule has 0 heterocycles. The van der Waals surface area contributed by atoms with E-state index in [1.165, 1.54) is 6.92 Å². The maximum atomic E-state index is 11.4. The number of nitrogen functional groups attached to an aromatic ring is 1. The first-order valence-electron chi connectivity index (χ1n) is 5.82. The number of nitrogens with two attached hydrogens (primary N) is 1. The number of carbonyl (C=O) groups is 1. The quantitative estimate of drug-likeness (QED) is 0.676. The van der Waals surface area contributed by atoms with E-state index in [-0.39, 0.29) is 5.78 Å². The van der Waals surface area contributed by atoms with Crippen LogP contribution < -0.4 is 10.5 Å². The van der Waals surface area contributed by atoms with E-state index in [0.29, 0.717) is 17.0 Å². The van der Waals surface area contributed by atoms with Gasteiger partial charge in [-0.25, -0.2) is 0 Å². The molecule has 0 spiro atoms. The second-order valence-electron chi connectivity index (χ2n) is 4.32. The molecule has 0 radical (unpaired) electrons. The molecule has 0 aliphatic carbocycles. The van der Waals surface area contributed by atoms with Crippen molar-refractivity contribution in [3.8, 4) is 11.5 Å². The molecule has 0 unspecified atom stereocenters. The Morgan fingerprint density at radius 3 is 2.58 bits per heavy atom. The molecule has 19 heavy (non-hydrogen) atoms. The van der Waals surface area contributed by atoms with Crippen molar-refractivity contribution in [2.45, 2.75) is 13.8 Å². The number of ether oxygens (including phenoxy) is 1. The lowest BCUT2D eigenvalue weighted by molar-refractivity contribution is 0.101. The van der Waals surface area contributed by atoms with Gasteiger partial charge in [0.2, 0.25) is 0 Å². The van der Waals surface area contributed by atoms with Crippen LogP contribution in [0.2, 0.25) is 0 Å². The summed E-state index contributed by atoms with van der Waals surface area (Å²) >= 11 is 3.41. The Hall–Kier alpha value is -1.81. The topological polar surface area (TPSA) is 52.3 Å². The number of anilines is 1. The van der Waals surface area contributed by atoms with Crippen molar-refractivity contribution in [3.63, 3.8) is 0 Å². The fraction of sp³-hybridized carbons (Fsp3) is 0.133. The molecule has 2 rings (SSSR count). The molecule has 0 saturated heterocycles. The van der Waals surface area contributed by atoms with Crippen LogP contribution in [0, 0.1) is 6.92 Å². The molecule has 98 valence electrons. The van der Waals surface area contributed by atoms with Gasteiger partial charge in [-0.15, -0.1) is 0 Å². The van der Waals surface area contributed by atoms with Gasteiger partial charge in [-0.2, -0.15) is 0 Å². The summed E-state index contributed by atoms with van der Waals surface area (Å²) in [4.78, 5) is 11.4. The number of aryl methyl sites for hydroxylation is 1. The molecule has 4 heteroatoms. The molecule has 0 amide bonds. The van der Waals surface area contributed by atoms with Crippen molar-refractivity contribution >= 4 is 27.4 Å². The lowest BCUT2D eigenvalue weighted by Gasteiger charge is -2.10. The molecule has 0 bridgehead atoms. The average Bonchev–Trinajstić information content (AvgIpc) is 2.34. The predicted octanol–water partition coefficient (Wildman–Crippen LogP) is 4.33. The fourth-order valence-electron chi connectivity index (χ4n) is 1.76. The summed E-state index contributed by atoms with van der Waals surface area (Å²) in [6, 6.07) is 10.9. The third kappa shape index (κ3) is 3.15. The number of hydrogen-bond donors (Lipinski definition) is 1. The summed E-state index contributed by atoms with van der Waals surface area (Å²) in [7, 11) is 0. The fourth-order valence-corrected chi connectivity index (χ4v) is 2.23. The Bertz CT molecular complexity index is 638. The van der Waals surface area contributed by atoms with Gasteiger partial charge in [0, 0.05) is 15.7 Å². The van der Waals surface area contributed by atoms with Gasteiger partial charge in [0.05, 0.1) is 0 Å². The van der Waals surface area contributed by atoms with Gasteiger partial charge in [-0.05, 0) is 55.8 Å². The van der Waals surface area contributed by atoms with Gasteiger partial charge in [0.1, 0.15) is 11.5 Å². The normalized spacial score (nSPS) is 10.3. The van der Waals surface area contributed by atoms with Gasteiger partial charge < -0.3 is 10.5 Å². The van der Waals surface area contributed by atoms with E-state index in [9.17, 15) is 4.79 Å². The number of hydrogen-bond acceptors (Lipinski definition) is 3. The number of halogens is 1. The third-order valence-electron chi connectivity index (χ3n) is 2.77. The number of carbonyl (C=O) groups excluding carboxylic acids is 1. The van der Waals surface area contributed by atoms with Crippen LogP contribution in [0.4, 0.5) is 5.69 Å². The standard InChI is InChI=1S/C15H14BrNO2/c1-9-7-11(16)3-6-15(9)19-12-4-5-14(17)13(8-12)10(2)18/h3-8H,17H2,1-2H3. The number of rotatable bonds is 3. The summed E-state index contributed by atoms with van der Waals surface area (Å²) in [6.07, 6.45) is 0. The van der Waals surface area contributed by atoms with Crippen molar-refractivity contribution in [2.75, 3.05) is 5.73 Å². The molecular formula is C15H14BrNO2. The van der Waals surface area contributed by atoms with E-state index in [2.05, 4.69) is 15.9 Å². The molecule has 0 aliphatic rings. The van der Waals surface area contributed by atoms with Gasteiger partial charge in [-0.3, -0.25) is 4.79 Å². The molecule has 2 N–H and O–H groups in total. The van der Waals surface area contributed by atoms with Crippen molar-refractivity contribution in [1.82, 2.24) is 0 Å². The molecule has 0 aliphatic heterocycles. The van der Waals surface area contributed by atoms with Crippen molar-refractivity contribution in [1.29, 1.82) is 0 Å². The predicted molar refractivity (Wildman–Crippen MR) is 79.8 cm³/mol. The highest BCUT2D eigenvalue weighted by Gasteiger charge is 2.08. The first kappa shape index (κ1) is 13.6. The van der Waals surface area contributed by atoms with Crippen LogP contribution in [0.25, 0.3) is 0 Å². The van der Waals surface area contributed by atoms with Crippen LogP contribution >= 0.6 is 15.9 Å². The first-order chi connectivity index (χ1) is 8.97. The van der Waals surface area contributed by atoms with E-state index in [0.717, 1.165) is 15.8 Å². The Morgan fingerprint density at radius 2 is 1.95 bits per heavy atom. The number of ketones is 1. The minimum atomic E-state index is -0.0736. The Morgan fingerprint density at radius 1 is 1.21 bits per heavy atom. The molecule has 2 aromatic rings. The minimum Gasteiger partial charge on any atom is -0.457 e. The zero-order valence-electron chi connectivity index (χ0n) is 10.7. The van der Waals surface area contributed by atoms with Gasteiger partial charge in [0.25, 0.3) is 0 Å².